The minimum atomic E-state index is 0.0198. The molecule has 0 radical (unpaired) electrons. The van der Waals surface area contributed by atoms with Crippen molar-refractivity contribution in [2.45, 2.75) is 32.2 Å². The lowest BCUT2D eigenvalue weighted by Gasteiger charge is -2.09. The van der Waals surface area contributed by atoms with Gasteiger partial charge in [-0.1, -0.05) is 6.07 Å². The molecule has 1 aromatic heterocycles. The zero-order valence-electron chi connectivity index (χ0n) is 12.3. The summed E-state index contributed by atoms with van der Waals surface area (Å²) in [6.07, 6.45) is 5.17. The third-order valence-electron chi connectivity index (χ3n) is 4.03. The fourth-order valence-corrected chi connectivity index (χ4v) is 2.81. The Morgan fingerprint density at radius 3 is 3.00 bits per heavy atom. The maximum Gasteiger partial charge on any atom is 0.279 e. The van der Waals surface area contributed by atoms with Crippen LogP contribution in [0.25, 0.3) is 0 Å². The Balaban J connectivity index is 1.52. The second-order valence-corrected chi connectivity index (χ2v) is 5.63. The fourth-order valence-electron chi connectivity index (χ4n) is 2.81. The first kappa shape index (κ1) is 13.9. The molecular formula is C17H21N2O2+. The van der Waals surface area contributed by atoms with Gasteiger partial charge < -0.3 is 15.1 Å². The highest BCUT2D eigenvalue weighted by Crippen LogP contribution is 2.24. The van der Waals surface area contributed by atoms with Crippen molar-refractivity contribution in [1.82, 2.24) is 0 Å². The fraction of sp³-hybridized carbons (Fsp3) is 0.353. The zero-order chi connectivity index (χ0) is 14.7. The number of carbonyl (C=O) groups excluding carboxylic acids is 1. The summed E-state index contributed by atoms with van der Waals surface area (Å²) in [5.74, 6) is 0.909. The molecule has 1 heterocycles. The van der Waals surface area contributed by atoms with E-state index in [1.54, 1.807) is 6.26 Å². The number of carbonyl (C=O) groups is 1. The average Bonchev–Trinajstić information content (AvgIpc) is 3.15. The van der Waals surface area contributed by atoms with E-state index >= 15 is 0 Å². The predicted molar refractivity (Wildman–Crippen MR) is 81.0 cm³/mol. The molecule has 21 heavy (non-hydrogen) atoms. The Kier molecular flexibility index (Phi) is 4.06. The Bertz CT molecular complexity index is 620. The lowest BCUT2D eigenvalue weighted by Crippen LogP contribution is -2.86. The van der Waals surface area contributed by atoms with Crippen LogP contribution in [0.1, 0.15) is 36.3 Å². The minimum Gasteiger partial charge on any atom is -0.463 e. The molecule has 0 spiro atoms. The van der Waals surface area contributed by atoms with Crippen LogP contribution in [0.5, 0.6) is 0 Å². The van der Waals surface area contributed by atoms with Gasteiger partial charge in [-0.15, -0.1) is 0 Å². The molecule has 0 fully saturated rings. The van der Waals surface area contributed by atoms with Crippen LogP contribution in [-0.4, -0.2) is 12.5 Å². The van der Waals surface area contributed by atoms with Crippen LogP contribution < -0.4 is 10.6 Å². The lowest BCUT2D eigenvalue weighted by atomic mass is 10.1. The van der Waals surface area contributed by atoms with Gasteiger partial charge in [-0.25, -0.2) is 0 Å². The number of anilines is 1. The van der Waals surface area contributed by atoms with Gasteiger partial charge in [0.1, 0.15) is 6.04 Å². The van der Waals surface area contributed by atoms with Gasteiger partial charge in [-0.3, -0.25) is 4.79 Å². The summed E-state index contributed by atoms with van der Waals surface area (Å²) < 4.78 is 5.33. The number of furan rings is 1. The molecule has 1 aliphatic rings. The molecule has 0 saturated carbocycles. The second kappa shape index (κ2) is 6.14. The van der Waals surface area contributed by atoms with E-state index < -0.39 is 0 Å². The molecule has 4 heteroatoms. The van der Waals surface area contributed by atoms with E-state index in [-0.39, 0.29) is 11.9 Å². The molecule has 0 aliphatic heterocycles. The second-order valence-electron chi connectivity index (χ2n) is 5.63. The van der Waals surface area contributed by atoms with Crippen molar-refractivity contribution in [1.29, 1.82) is 0 Å². The number of quaternary nitrogens is 1. The Morgan fingerprint density at radius 2 is 2.19 bits per heavy atom. The first-order valence-electron chi connectivity index (χ1n) is 7.51. The third kappa shape index (κ3) is 3.34. The third-order valence-corrected chi connectivity index (χ3v) is 4.03. The summed E-state index contributed by atoms with van der Waals surface area (Å²) in [6.45, 7) is 2.42. The normalized spacial score (nSPS) is 14.7. The summed E-state index contributed by atoms with van der Waals surface area (Å²) in [6, 6.07) is 10.2. The monoisotopic (exact) mass is 285 g/mol. The molecule has 110 valence electrons. The molecular weight excluding hydrogens is 264 g/mol. The predicted octanol–water partition coefficient (Wildman–Crippen LogP) is 2.03. The maximum absolute atomic E-state index is 12.0. The van der Waals surface area contributed by atoms with Gasteiger partial charge in [-0.2, -0.15) is 0 Å². The van der Waals surface area contributed by atoms with Crippen molar-refractivity contribution in [3.63, 3.8) is 0 Å². The van der Waals surface area contributed by atoms with E-state index in [9.17, 15) is 4.79 Å². The SMILES string of the molecule is C[C@@H]([NH2+]CC(=O)Nc1ccc2c(c1)CCC2)c1ccco1. The molecule has 1 aromatic carbocycles. The van der Waals surface area contributed by atoms with Gasteiger partial charge in [0.05, 0.1) is 6.26 Å². The van der Waals surface area contributed by atoms with Crippen LogP contribution >= 0.6 is 0 Å². The number of nitrogens with one attached hydrogen (secondary N) is 1. The molecule has 0 saturated heterocycles. The average molecular weight is 285 g/mol. The summed E-state index contributed by atoms with van der Waals surface area (Å²) in [7, 11) is 0. The van der Waals surface area contributed by atoms with Gasteiger partial charge in [-0.05, 0) is 61.6 Å². The van der Waals surface area contributed by atoms with Crippen molar-refractivity contribution in [3.05, 3.63) is 53.5 Å². The smallest absolute Gasteiger partial charge is 0.279 e. The number of benzene rings is 1. The molecule has 1 amide bonds. The summed E-state index contributed by atoms with van der Waals surface area (Å²) in [4.78, 5) is 12.0. The van der Waals surface area contributed by atoms with Crippen LogP contribution in [0.2, 0.25) is 0 Å². The number of amides is 1. The quantitative estimate of drug-likeness (QED) is 0.883. The highest BCUT2D eigenvalue weighted by Gasteiger charge is 2.15. The first-order chi connectivity index (χ1) is 10.2. The molecule has 2 aromatic rings. The Hall–Kier alpha value is -2.07. The van der Waals surface area contributed by atoms with Crippen LogP contribution in [0.15, 0.2) is 41.0 Å². The van der Waals surface area contributed by atoms with Gasteiger partial charge >= 0.3 is 0 Å². The van der Waals surface area contributed by atoms with Crippen molar-refractivity contribution in [2.24, 2.45) is 0 Å². The molecule has 3 rings (SSSR count). The van der Waals surface area contributed by atoms with Crippen LogP contribution in [0.3, 0.4) is 0 Å². The van der Waals surface area contributed by atoms with Gasteiger partial charge in [0.2, 0.25) is 0 Å². The maximum atomic E-state index is 12.0. The number of fused-ring (bicyclic) bond motifs is 1. The number of rotatable bonds is 5. The van der Waals surface area contributed by atoms with E-state index in [1.807, 2.05) is 30.4 Å². The number of hydrogen-bond donors (Lipinski definition) is 2. The van der Waals surface area contributed by atoms with E-state index in [0.717, 1.165) is 24.3 Å². The molecule has 1 atom stereocenters. The largest absolute Gasteiger partial charge is 0.463 e. The summed E-state index contributed by atoms with van der Waals surface area (Å²) in [5.41, 5.74) is 3.70. The molecule has 3 N–H and O–H groups in total. The van der Waals surface area contributed by atoms with Crippen molar-refractivity contribution in [3.8, 4) is 0 Å². The van der Waals surface area contributed by atoms with Crippen molar-refractivity contribution >= 4 is 11.6 Å². The van der Waals surface area contributed by atoms with E-state index in [1.165, 1.54) is 17.5 Å². The topological polar surface area (TPSA) is 58.9 Å². The van der Waals surface area contributed by atoms with Gasteiger partial charge in [0, 0.05) is 5.69 Å². The standard InChI is InChI=1S/C17H20N2O2/c1-12(16-6-3-9-21-16)18-11-17(20)19-15-8-7-13-4-2-5-14(13)10-15/h3,6-10,12,18H,2,4-5,11H2,1H3,(H,19,20)/p+1/t12-/m1/s1. The highest BCUT2D eigenvalue weighted by atomic mass is 16.3. The zero-order valence-corrected chi connectivity index (χ0v) is 12.3. The number of nitrogens with two attached hydrogens (primary N) is 1. The van der Waals surface area contributed by atoms with Gasteiger partial charge in [0.15, 0.2) is 12.3 Å². The molecule has 4 nitrogen and oxygen atoms in total. The summed E-state index contributed by atoms with van der Waals surface area (Å²) in [5, 5.41) is 4.95. The van der Waals surface area contributed by atoms with Crippen molar-refractivity contribution in [2.75, 3.05) is 11.9 Å². The van der Waals surface area contributed by atoms with Crippen molar-refractivity contribution < 1.29 is 14.5 Å². The lowest BCUT2D eigenvalue weighted by molar-refractivity contribution is -0.684. The Morgan fingerprint density at radius 1 is 1.33 bits per heavy atom. The van der Waals surface area contributed by atoms with E-state index in [4.69, 9.17) is 4.42 Å². The first-order valence-corrected chi connectivity index (χ1v) is 7.51. The van der Waals surface area contributed by atoms with Crippen LogP contribution in [0.4, 0.5) is 5.69 Å². The molecule has 1 aliphatic carbocycles. The van der Waals surface area contributed by atoms with Gasteiger partial charge in [0.25, 0.3) is 5.91 Å². The minimum absolute atomic E-state index is 0.0198. The highest BCUT2D eigenvalue weighted by molar-refractivity contribution is 5.91. The van der Waals surface area contributed by atoms with Crippen LogP contribution in [0, 0.1) is 0 Å². The molecule has 0 unspecified atom stereocenters. The van der Waals surface area contributed by atoms with Crippen LogP contribution in [-0.2, 0) is 17.6 Å². The van der Waals surface area contributed by atoms with E-state index in [2.05, 4.69) is 17.4 Å². The summed E-state index contributed by atoms with van der Waals surface area (Å²) >= 11 is 0. The van der Waals surface area contributed by atoms with E-state index in [0.29, 0.717) is 6.54 Å². The molecule has 0 bridgehead atoms. The Labute approximate surface area is 124 Å². The number of hydrogen-bond acceptors (Lipinski definition) is 2. The number of aryl methyl sites for hydroxylation is 2.